The second kappa shape index (κ2) is 13.4. The van der Waals surface area contributed by atoms with Crippen LogP contribution in [0.2, 0.25) is 0 Å². The molecule has 198 valence electrons. The molecule has 0 spiro atoms. The highest BCUT2D eigenvalue weighted by Crippen LogP contribution is 2.21. The number of nitrogens with zero attached hydrogens (tertiary/aromatic N) is 2. The molecule has 0 fully saturated rings. The van der Waals surface area contributed by atoms with Crippen molar-refractivity contribution in [3.05, 3.63) is 65.2 Å². The van der Waals surface area contributed by atoms with E-state index in [0.29, 0.717) is 25.1 Å². The lowest BCUT2D eigenvalue weighted by Crippen LogP contribution is -2.50. The first-order chi connectivity index (χ1) is 17.0. The maximum Gasteiger partial charge on any atom is 0.243 e. The minimum atomic E-state index is -3.51. The standard InChI is InChI=1S/C28H41N3O4S/c1-7-23-15-17-25(18-16-23)31(36(6,34)35)19-11-14-27(32)30(20-24-13-10-9-12-22(24)5)26(8-2)28(33)29-21(3)4/h9-10,12-13,15-18,21,26H,7-8,11,14,19-20H2,1-6H3,(H,29,33)/t26-/m0/s1. The van der Waals surface area contributed by atoms with Gasteiger partial charge in [0.25, 0.3) is 0 Å². The molecule has 7 nitrogen and oxygen atoms in total. The normalized spacial score (nSPS) is 12.3. The summed E-state index contributed by atoms with van der Waals surface area (Å²) in [6.45, 7) is 10.2. The van der Waals surface area contributed by atoms with E-state index in [0.717, 1.165) is 23.1 Å². The number of aryl methyl sites for hydroxylation is 2. The Morgan fingerprint density at radius 3 is 2.17 bits per heavy atom. The van der Waals surface area contributed by atoms with Crippen molar-refractivity contribution in [2.24, 2.45) is 0 Å². The van der Waals surface area contributed by atoms with Crippen molar-refractivity contribution in [3.63, 3.8) is 0 Å². The lowest BCUT2D eigenvalue weighted by atomic mass is 10.0. The Bertz CT molecular complexity index is 1110. The zero-order valence-corrected chi connectivity index (χ0v) is 23.3. The first-order valence-electron chi connectivity index (χ1n) is 12.7. The number of hydrogen-bond donors (Lipinski definition) is 1. The minimum Gasteiger partial charge on any atom is -0.352 e. The van der Waals surface area contributed by atoms with Crippen LogP contribution in [0.4, 0.5) is 5.69 Å². The minimum absolute atomic E-state index is 0.0376. The number of benzene rings is 2. The molecule has 0 unspecified atom stereocenters. The van der Waals surface area contributed by atoms with Crippen LogP contribution >= 0.6 is 0 Å². The van der Waals surface area contributed by atoms with E-state index in [1.165, 1.54) is 10.6 Å². The van der Waals surface area contributed by atoms with Gasteiger partial charge in [0.1, 0.15) is 6.04 Å². The van der Waals surface area contributed by atoms with Crippen LogP contribution in [0.25, 0.3) is 0 Å². The van der Waals surface area contributed by atoms with Crippen LogP contribution < -0.4 is 9.62 Å². The van der Waals surface area contributed by atoms with E-state index < -0.39 is 16.1 Å². The number of rotatable bonds is 13. The van der Waals surface area contributed by atoms with Gasteiger partial charge >= 0.3 is 0 Å². The maximum atomic E-state index is 13.5. The first-order valence-corrected chi connectivity index (χ1v) is 14.5. The molecule has 0 aliphatic heterocycles. The Labute approximate surface area is 216 Å². The highest BCUT2D eigenvalue weighted by molar-refractivity contribution is 7.92. The van der Waals surface area contributed by atoms with E-state index in [4.69, 9.17) is 0 Å². The summed E-state index contributed by atoms with van der Waals surface area (Å²) in [5, 5.41) is 2.93. The van der Waals surface area contributed by atoms with Crippen molar-refractivity contribution in [1.29, 1.82) is 0 Å². The Balaban J connectivity index is 2.22. The summed E-state index contributed by atoms with van der Waals surface area (Å²) in [5.41, 5.74) is 3.74. The van der Waals surface area contributed by atoms with E-state index in [2.05, 4.69) is 5.32 Å². The predicted molar refractivity (Wildman–Crippen MR) is 146 cm³/mol. The Morgan fingerprint density at radius 1 is 1.00 bits per heavy atom. The summed E-state index contributed by atoms with van der Waals surface area (Å²) >= 11 is 0. The molecule has 0 saturated heterocycles. The third-order valence-corrected chi connectivity index (χ3v) is 7.40. The third-order valence-electron chi connectivity index (χ3n) is 6.20. The van der Waals surface area contributed by atoms with Gasteiger partial charge in [0.2, 0.25) is 21.8 Å². The van der Waals surface area contributed by atoms with Crippen LogP contribution in [0, 0.1) is 6.92 Å². The quantitative estimate of drug-likeness (QED) is 0.427. The second-order valence-electron chi connectivity index (χ2n) is 9.49. The highest BCUT2D eigenvalue weighted by atomic mass is 32.2. The maximum absolute atomic E-state index is 13.5. The van der Waals surface area contributed by atoms with E-state index in [1.54, 1.807) is 17.0 Å². The van der Waals surface area contributed by atoms with Crippen molar-refractivity contribution < 1.29 is 18.0 Å². The Morgan fingerprint density at radius 2 is 1.64 bits per heavy atom. The number of hydrogen-bond acceptors (Lipinski definition) is 4. The molecule has 1 N–H and O–H groups in total. The van der Waals surface area contributed by atoms with E-state index >= 15 is 0 Å². The summed E-state index contributed by atoms with van der Waals surface area (Å²) in [5.74, 6) is -0.345. The number of nitrogens with one attached hydrogen (secondary N) is 1. The van der Waals surface area contributed by atoms with Crippen molar-refractivity contribution >= 4 is 27.5 Å². The van der Waals surface area contributed by atoms with Gasteiger partial charge in [-0.2, -0.15) is 0 Å². The van der Waals surface area contributed by atoms with Gasteiger partial charge in [-0.1, -0.05) is 50.2 Å². The zero-order valence-electron chi connectivity index (χ0n) is 22.5. The molecule has 36 heavy (non-hydrogen) atoms. The zero-order chi connectivity index (χ0) is 26.9. The average Bonchev–Trinajstić information content (AvgIpc) is 2.81. The SMILES string of the molecule is CCc1ccc(N(CCCC(=O)N(Cc2ccccc2C)[C@@H](CC)C(=O)NC(C)C)S(C)(=O)=O)cc1. The monoisotopic (exact) mass is 515 g/mol. The number of anilines is 1. The molecule has 0 saturated carbocycles. The molecule has 1 atom stereocenters. The van der Waals surface area contributed by atoms with Gasteiger partial charge in [-0.05, 0) is 68.9 Å². The van der Waals surface area contributed by atoms with Crippen LogP contribution in [-0.2, 0) is 32.6 Å². The highest BCUT2D eigenvalue weighted by Gasteiger charge is 2.29. The molecule has 0 aromatic heterocycles. The molecular weight excluding hydrogens is 474 g/mol. The third kappa shape index (κ3) is 8.36. The summed E-state index contributed by atoms with van der Waals surface area (Å²) < 4.78 is 26.3. The topological polar surface area (TPSA) is 86.8 Å². The van der Waals surface area contributed by atoms with E-state index in [-0.39, 0.29) is 30.8 Å². The fraction of sp³-hybridized carbons (Fsp3) is 0.500. The predicted octanol–water partition coefficient (Wildman–Crippen LogP) is 4.44. The molecule has 0 radical (unpaired) electrons. The summed E-state index contributed by atoms with van der Waals surface area (Å²) in [6, 6.07) is 14.6. The smallest absolute Gasteiger partial charge is 0.243 e. The molecule has 0 aliphatic carbocycles. The van der Waals surface area contributed by atoms with Crippen LogP contribution in [0.5, 0.6) is 0 Å². The Hall–Kier alpha value is -2.87. The van der Waals surface area contributed by atoms with Crippen LogP contribution in [0.15, 0.2) is 48.5 Å². The number of amides is 2. The second-order valence-corrected chi connectivity index (χ2v) is 11.4. The van der Waals surface area contributed by atoms with Crippen LogP contribution in [-0.4, -0.2) is 50.0 Å². The van der Waals surface area contributed by atoms with Gasteiger partial charge in [-0.3, -0.25) is 13.9 Å². The van der Waals surface area contributed by atoms with Crippen molar-refractivity contribution in [2.45, 2.75) is 78.9 Å². The van der Waals surface area contributed by atoms with Gasteiger partial charge in [0, 0.05) is 25.6 Å². The van der Waals surface area contributed by atoms with Crippen LogP contribution in [0.1, 0.15) is 63.6 Å². The number of carbonyl (C=O) groups is 2. The van der Waals surface area contributed by atoms with Gasteiger partial charge in [0.15, 0.2) is 0 Å². The number of carbonyl (C=O) groups excluding carboxylic acids is 2. The molecule has 2 amide bonds. The molecule has 2 aromatic carbocycles. The van der Waals surface area contributed by atoms with Gasteiger partial charge in [-0.15, -0.1) is 0 Å². The van der Waals surface area contributed by atoms with Gasteiger partial charge in [0.05, 0.1) is 11.9 Å². The molecule has 2 aromatic rings. The van der Waals surface area contributed by atoms with E-state index in [9.17, 15) is 18.0 Å². The number of sulfonamides is 1. The van der Waals surface area contributed by atoms with Gasteiger partial charge < -0.3 is 10.2 Å². The van der Waals surface area contributed by atoms with Crippen molar-refractivity contribution in [3.8, 4) is 0 Å². The summed E-state index contributed by atoms with van der Waals surface area (Å²) in [7, 11) is -3.51. The van der Waals surface area contributed by atoms with Crippen molar-refractivity contribution in [1.82, 2.24) is 10.2 Å². The molecular formula is C28H41N3O4S. The lowest BCUT2D eigenvalue weighted by Gasteiger charge is -2.32. The summed E-state index contributed by atoms with van der Waals surface area (Å²) in [6.07, 6.45) is 3.00. The molecule has 0 bridgehead atoms. The lowest BCUT2D eigenvalue weighted by molar-refractivity contribution is -0.141. The first kappa shape index (κ1) is 29.4. The molecule has 0 heterocycles. The van der Waals surface area contributed by atoms with Crippen molar-refractivity contribution in [2.75, 3.05) is 17.1 Å². The van der Waals surface area contributed by atoms with Crippen LogP contribution in [0.3, 0.4) is 0 Å². The fourth-order valence-electron chi connectivity index (χ4n) is 4.17. The van der Waals surface area contributed by atoms with E-state index in [1.807, 2.05) is 71.0 Å². The average molecular weight is 516 g/mol. The molecule has 2 rings (SSSR count). The van der Waals surface area contributed by atoms with Gasteiger partial charge in [-0.25, -0.2) is 8.42 Å². The molecule has 8 heteroatoms. The summed E-state index contributed by atoms with van der Waals surface area (Å²) in [4.78, 5) is 28.1. The fourth-order valence-corrected chi connectivity index (χ4v) is 5.14. The largest absolute Gasteiger partial charge is 0.352 e. The molecule has 0 aliphatic rings. The Kier molecular flexibility index (Phi) is 11.0.